The van der Waals surface area contributed by atoms with Crippen molar-refractivity contribution in [2.24, 2.45) is 0 Å². The molecule has 12 heteroatoms. The normalized spacial score (nSPS) is 16.1. The Morgan fingerprint density at radius 3 is 1.33 bits per heavy atom. The Morgan fingerprint density at radius 2 is 1.11 bits per heavy atom. The number of allylic oxidation sites excluding steroid dienone is 4. The Morgan fingerprint density at radius 1 is 0.833 bits per heavy atom. The van der Waals surface area contributed by atoms with Crippen molar-refractivity contribution < 1.29 is 97.5 Å². The third-order valence-electron chi connectivity index (χ3n) is 1.55. The SMILES string of the molecule is O=C1C=C(S(=O)(=O)O)C(=O)C(S(=O)(=O)O)=C1.[H-].[H-].[Na+].[Na+]. The van der Waals surface area contributed by atoms with E-state index in [1.165, 1.54) is 0 Å². The molecule has 0 atom stereocenters. The van der Waals surface area contributed by atoms with Crippen LogP contribution in [-0.2, 0) is 29.8 Å². The first-order valence-electron chi connectivity index (χ1n) is 3.50. The van der Waals surface area contributed by atoms with E-state index in [0.717, 1.165) is 0 Å². The van der Waals surface area contributed by atoms with Crippen molar-refractivity contribution in [1.29, 1.82) is 0 Å². The smallest absolute Gasteiger partial charge is 1.00 e. The second-order valence-electron chi connectivity index (χ2n) is 2.70. The molecule has 0 saturated carbocycles. The molecule has 0 saturated heterocycles. The van der Waals surface area contributed by atoms with Gasteiger partial charge in [-0.2, -0.15) is 16.8 Å². The average molecular weight is 316 g/mol. The van der Waals surface area contributed by atoms with Crippen LogP contribution in [0.1, 0.15) is 2.85 Å². The fourth-order valence-electron chi connectivity index (χ4n) is 0.936. The van der Waals surface area contributed by atoms with Crippen LogP contribution in [-0.4, -0.2) is 37.5 Å². The molecule has 0 unspecified atom stereocenters. The molecule has 0 heterocycles. The minimum Gasteiger partial charge on any atom is -1.00 e. The number of hydrogen-bond donors (Lipinski definition) is 2. The summed E-state index contributed by atoms with van der Waals surface area (Å²) in [6.45, 7) is 0. The van der Waals surface area contributed by atoms with Crippen LogP contribution in [0.25, 0.3) is 0 Å². The monoisotopic (exact) mass is 316 g/mol. The Kier molecular flexibility index (Phi) is 8.01. The number of Topliss-reactive ketones (excluding diaryl/α,β-unsaturated/α-hetero) is 1. The van der Waals surface area contributed by atoms with Gasteiger partial charge in [-0.1, -0.05) is 0 Å². The van der Waals surface area contributed by atoms with Crippen molar-refractivity contribution in [3.05, 3.63) is 22.0 Å². The largest absolute Gasteiger partial charge is 1.00 e. The Balaban J connectivity index is -0.000000320. The number of rotatable bonds is 2. The second-order valence-corrected chi connectivity index (χ2v) is 5.48. The standard InChI is InChI=1S/C6H4O8S2.2Na.2H/c7-3-1-4(15(9,10)11)6(8)5(2-3)16(12,13)14;;;;/h1-2H,(H,9,10,11)(H,12,13,14);;;;/q;2*+1;2*-1. The quantitative estimate of drug-likeness (QED) is 0.291. The van der Waals surface area contributed by atoms with Gasteiger partial charge >= 0.3 is 59.1 Å². The van der Waals surface area contributed by atoms with E-state index in [9.17, 15) is 26.4 Å². The van der Waals surface area contributed by atoms with Gasteiger partial charge in [0, 0.05) is 12.2 Å². The maximum absolute atomic E-state index is 11.2. The van der Waals surface area contributed by atoms with Crippen molar-refractivity contribution in [2.75, 3.05) is 0 Å². The molecule has 18 heavy (non-hydrogen) atoms. The Bertz CT molecular complexity index is 594. The van der Waals surface area contributed by atoms with Gasteiger partial charge in [-0.25, -0.2) is 0 Å². The first-order chi connectivity index (χ1) is 7.03. The molecule has 92 valence electrons. The summed E-state index contributed by atoms with van der Waals surface area (Å²) in [4.78, 5) is 19.3. The van der Waals surface area contributed by atoms with Gasteiger partial charge in [-0.15, -0.1) is 0 Å². The van der Waals surface area contributed by atoms with Crippen LogP contribution in [0, 0.1) is 0 Å². The van der Waals surface area contributed by atoms with Crippen LogP contribution in [0.4, 0.5) is 0 Å². The topological polar surface area (TPSA) is 143 Å². The van der Waals surface area contributed by atoms with Gasteiger partial charge in [-0.3, -0.25) is 18.7 Å². The molecule has 1 aliphatic rings. The molecular formula is C6H6Na2O8S2. The molecular weight excluding hydrogens is 310 g/mol. The third kappa shape index (κ3) is 4.96. The first-order valence-corrected chi connectivity index (χ1v) is 6.38. The molecule has 8 nitrogen and oxygen atoms in total. The zero-order valence-electron chi connectivity index (χ0n) is 11.3. The zero-order chi connectivity index (χ0) is 12.7. The summed E-state index contributed by atoms with van der Waals surface area (Å²) in [6.07, 6.45) is 0.513. The van der Waals surface area contributed by atoms with Gasteiger partial charge in [-0.05, 0) is 0 Å². The molecule has 2 N–H and O–H groups in total. The van der Waals surface area contributed by atoms with Gasteiger partial charge in [0.05, 0.1) is 0 Å². The van der Waals surface area contributed by atoms with Crippen molar-refractivity contribution in [1.82, 2.24) is 0 Å². The molecule has 1 aliphatic carbocycles. The summed E-state index contributed by atoms with van der Waals surface area (Å²) < 4.78 is 59.6. The summed E-state index contributed by atoms with van der Waals surface area (Å²) in [6, 6.07) is 0. The molecule has 0 bridgehead atoms. The molecule has 0 aromatic rings. The average Bonchev–Trinajstić information content (AvgIpc) is 2.04. The van der Waals surface area contributed by atoms with Crippen LogP contribution in [0.3, 0.4) is 0 Å². The minimum absolute atomic E-state index is 0. The van der Waals surface area contributed by atoms with E-state index < -0.39 is 41.6 Å². The van der Waals surface area contributed by atoms with Crippen molar-refractivity contribution >= 4 is 31.8 Å². The van der Waals surface area contributed by atoms with E-state index in [1.807, 2.05) is 0 Å². The number of hydrogen-bond acceptors (Lipinski definition) is 6. The minimum atomic E-state index is -5.03. The fraction of sp³-hybridized carbons (Fsp3) is 0. The summed E-state index contributed by atoms with van der Waals surface area (Å²) in [5.74, 6) is -2.82. The van der Waals surface area contributed by atoms with E-state index in [0.29, 0.717) is 0 Å². The summed E-state index contributed by atoms with van der Waals surface area (Å²) >= 11 is 0. The summed E-state index contributed by atoms with van der Waals surface area (Å²) in [5, 5.41) is 0. The third-order valence-corrected chi connectivity index (χ3v) is 3.27. The van der Waals surface area contributed by atoms with Crippen LogP contribution in [0.2, 0.25) is 0 Å². The molecule has 0 aliphatic heterocycles. The van der Waals surface area contributed by atoms with E-state index in [-0.39, 0.29) is 74.1 Å². The van der Waals surface area contributed by atoms with E-state index in [4.69, 9.17) is 9.11 Å². The maximum atomic E-state index is 11.2. The van der Waals surface area contributed by atoms with E-state index >= 15 is 0 Å². The van der Waals surface area contributed by atoms with Crippen molar-refractivity contribution in [3.8, 4) is 0 Å². The van der Waals surface area contributed by atoms with E-state index in [1.54, 1.807) is 0 Å². The van der Waals surface area contributed by atoms with Crippen LogP contribution < -0.4 is 59.1 Å². The van der Waals surface area contributed by atoms with Crippen LogP contribution in [0.15, 0.2) is 22.0 Å². The van der Waals surface area contributed by atoms with Gasteiger partial charge < -0.3 is 2.85 Å². The first kappa shape index (κ1) is 20.9. The van der Waals surface area contributed by atoms with Crippen LogP contribution in [0.5, 0.6) is 0 Å². The Labute approximate surface area is 150 Å². The molecule has 0 radical (unpaired) electrons. The van der Waals surface area contributed by atoms with Gasteiger partial charge in [0.2, 0.25) is 5.78 Å². The van der Waals surface area contributed by atoms with E-state index in [2.05, 4.69) is 0 Å². The molecule has 0 amide bonds. The molecule has 0 aromatic carbocycles. The van der Waals surface area contributed by atoms with Crippen molar-refractivity contribution in [3.63, 3.8) is 0 Å². The van der Waals surface area contributed by atoms with Gasteiger partial charge in [0.15, 0.2) is 5.78 Å². The molecule has 0 fully saturated rings. The predicted molar refractivity (Wildman–Crippen MR) is 51.5 cm³/mol. The van der Waals surface area contributed by atoms with Crippen molar-refractivity contribution in [2.45, 2.75) is 0 Å². The summed E-state index contributed by atoms with van der Waals surface area (Å²) in [5.41, 5.74) is 0. The zero-order valence-corrected chi connectivity index (χ0v) is 14.9. The van der Waals surface area contributed by atoms with Crippen LogP contribution >= 0.6 is 0 Å². The van der Waals surface area contributed by atoms with Gasteiger partial charge in [0.25, 0.3) is 20.2 Å². The Hall–Kier alpha value is 0.640. The maximum Gasteiger partial charge on any atom is 1.00 e. The molecule has 1 rings (SSSR count). The molecule has 0 aromatic heterocycles. The fourth-order valence-corrected chi connectivity index (χ4v) is 2.22. The number of carbonyl (C=O) groups is 2. The predicted octanol–water partition coefficient (Wildman–Crippen LogP) is -7.09. The second kappa shape index (κ2) is 6.88. The number of carbonyl (C=O) groups excluding carboxylic acids is 2. The summed E-state index contributed by atoms with van der Waals surface area (Å²) in [7, 11) is -10.1. The number of ketones is 2. The molecule has 0 spiro atoms. The van der Waals surface area contributed by atoms with Gasteiger partial charge in [0.1, 0.15) is 9.81 Å².